The summed E-state index contributed by atoms with van der Waals surface area (Å²) in [5, 5.41) is 3.63. The first kappa shape index (κ1) is 10.2. The van der Waals surface area contributed by atoms with Gasteiger partial charge in [0, 0.05) is 28.0 Å². The summed E-state index contributed by atoms with van der Waals surface area (Å²) >= 11 is 1.44. The number of nitrogens with two attached hydrogens (primary N) is 1. The number of benzene rings is 1. The Morgan fingerprint density at radius 1 is 1.41 bits per heavy atom. The average Bonchev–Trinajstić information content (AvgIpc) is 2.93. The van der Waals surface area contributed by atoms with E-state index in [4.69, 9.17) is 10.5 Å². The number of thiazole rings is 1. The van der Waals surface area contributed by atoms with Gasteiger partial charge < -0.3 is 15.5 Å². The number of ether oxygens (including phenoxy) is 1. The lowest BCUT2D eigenvalue weighted by molar-refractivity contribution is 0.415. The lowest BCUT2D eigenvalue weighted by atomic mass is 10.1. The van der Waals surface area contributed by atoms with Gasteiger partial charge >= 0.3 is 0 Å². The van der Waals surface area contributed by atoms with Gasteiger partial charge in [0.15, 0.2) is 5.13 Å². The lowest BCUT2D eigenvalue weighted by Crippen LogP contribution is -1.83. The molecular formula is C12H11N3OS. The van der Waals surface area contributed by atoms with Gasteiger partial charge in [0.2, 0.25) is 0 Å². The van der Waals surface area contributed by atoms with E-state index in [9.17, 15) is 0 Å². The second kappa shape index (κ2) is 3.78. The van der Waals surface area contributed by atoms with Gasteiger partial charge in [0.25, 0.3) is 0 Å². The van der Waals surface area contributed by atoms with Crippen molar-refractivity contribution in [1.29, 1.82) is 0 Å². The lowest BCUT2D eigenvalue weighted by Gasteiger charge is -2.00. The number of hydrogen-bond donors (Lipinski definition) is 2. The molecule has 0 atom stereocenters. The van der Waals surface area contributed by atoms with Crippen LogP contribution < -0.4 is 10.5 Å². The molecule has 1 aromatic carbocycles. The average molecular weight is 245 g/mol. The van der Waals surface area contributed by atoms with Crippen LogP contribution in [0.3, 0.4) is 0 Å². The highest BCUT2D eigenvalue weighted by molar-refractivity contribution is 7.13. The molecule has 0 radical (unpaired) electrons. The zero-order valence-electron chi connectivity index (χ0n) is 9.23. The van der Waals surface area contributed by atoms with Crippen molar-refractivity contribution in [3.05, 3.63) is 29.8 Å². The van der Waals surface area contributed by atoms with Gasteiger partial charge in [-0.3, -0.25) is 0 Å². The summed E-state index contributed by atoms with van der Waals surface area (Å²) in [6.07, 6.45) is 1.94. The van der Waals surface area contributed by atoms with Crippen LogP contribution in [-0.4, -0.2) is 17.1 Å². The molecule has 3 N–H and O–H groups in total. The maximum absolute atomic E-state index is 5.66. The minimum atomic E-state index is 0.581. The van der Waals surface area contributed by atoms with E-state index in [1.165, 1.54) is 11.3 Å². The molecule has 0 aliphatic heterocycles. The maximum Gasteiger partial charge on any atom is 0.180 e. The molecule has 0 aliphatic rings. The van der Waals surface area contributed by atoms with E-state index in [0.717, 1.165) is 27.9 Å². The van der Waals surface area contributed by atoms with Crippen LogP contribution in [0.1, 0.15) is 0 Å². The predicted molar refractivity (Wildman–Crippen MR) is 70.4 cm³/mol. The Morgan fingerprint density at radius 3 is 3.00 bits per heavy atom. The van der Waals surface area contributed by atoms with Crippen molar-refractivity contribution in [3.8, 4) is 17.0 Å². The van der Waals surface area contributed by atoms with Crippen molar-refractivity contribution in [1.82, 2.24) is 9.97 Å². The number of aromatic amines is 1. The van der Waals surface area contributed by atoms with Crippen LogP contribution in [0.5, 0.6) is 5.75 Å². The monoisotopic (exact) mass is 245 g/mol. The van der Waals surface area contributed by atoms with Crippen LogP contribution >= 0.6 is 11.3 Å². The van der Waals surface area contributed by atoms with Gasteiger partial charge in [0.1, 0.15) is 5.75 Å². The molecule has 2 aromatic heterocycles. The van der Waals surface area contributed by atoms with E-state index in [0.29, 0.717) is 5.13 Å². The van der Waals surface area contributed by atoms with Crippen LogP contribution in [0.15, 0.2) is 29.8 Å². The van der Waals surface area contributed by atoms with E-state index >= 15 is 0 Å². The van der Waals surface area contributed by atoms with Crippen molar-refractivity contribution in [2.75, 3.05) is 12.8 Å². The molecule has 5 heteroatoms. The van der Waals surface area contributed by atoms with Gasteiger partial charge in [-0.05, 0) is 18.2 Å². The van der Waals surface area contributed by atoms with Crippen molar-refractivity contribution in [2.24, 2.45) is 0 Å². The van der Waals surface area contributed by atoms with Gasteiger partial charge in [-0.15, -0.1) is 11.3 Å². The van der Waals surface area contributed by atoms with Crippen LogP contribution in [-0.2, 0) is 0 Å². The standard InChI is InChI=1S/C12H11N3OS/c1-16-7-2-3-10-8(4-7)9(5-14-10)11-6-17-12(13)15-11/h2-6,14H,1H3,(H2,13,15). The fourth-order valence-electron chi connectivity index (χ4n) is 1.85. The van der Waals surface area contributed by atoms with Gasteiger partial charge in [-0.1, -0.05) is 0 Å². The first-order valence-electron chi connectivity index (χ1n) is 5.14. The van der Waals surface area contributed by atoms with Gasteiger partial charge in [0.05, 0.1) is 12.8 Å². The topological polar surface area (TPSA) is 63.9 Å². The van der Waals surface area contributed by atoms with E-state index in [1.807, 2.05) is 29.8 Å². The fourth-order valence-corrected chi connectivity index (χ4v) is 2.41. The molecule has 86 valence electrons. The van der Waals surface area contributed by atoms with Crippen molar-refractivity contribution in [3.63, 3.8) is 0 Å². The van der Waals surface area contributed by atoms with Crippen molar-refractivity contribution < 1.29 is 4.74 Å². The van der Waals surface area contributed by atoms with Crippen molar-refractivity contribution >= 4 is 27.4 Å². The quantitative estimate of drug-likeness (QED) is 0.729. The zero-order chi connectivity index (χ0) is 11.8. The highest BCUT2D eigenvalue weighted by Gasteiger charge is 2.09. The second-order valence-corrected chi connectivity index (χ2v) is 4.57. The number of fused-ring (bicyclic) bond motifs is 1. The highest BCUT2D eigenvalue weighted by Crippen LogP contribution is 2.32. The Hall–Kier alpha value is -2.01. The smallest absolute Gasteiger partial charge is 0.180 e. The molecule has 17 heavy (non-hydrogen) atoms. The summed E-state index contributed by atoms with van der Waals surface area (Å²) in [6, 6.07) is 5.92. The third-order valence-electron chi connectivity index (χ3n) is 2.69. The van der Waals surface area contributed by atoms with Gasteiger partial charge in [-0.25, -0.2) is 4.98 Å². The summed E-state index contributed by atoms with van der Waals surface area (Å²) < 4.78 is 5.23. The Bertz CT molecular complexity index is 671. The Labute approximate surface area is 102 Å². The number of nitrogen functional groups attached to an aromatic ring is 1. The summed E-state index contributed by atoms with van der Waals surface area (Å²) in [5.41, 5.74) is 8.66. The number of H-pyrrole nitrogens is 1. The molecule has 4 nitrogen and oxygen atoms in total. The largest absolute Gasteiger partial charge is 0.497 e. The number of aromatic nitrogens is 2. The third kappa shape index (κ3) is 1.64. The summed E-state index contributed by atoms with van der Waals surface area (Å²) in [5.74, 6) is 0.835. The molecule has 0 saturated heterocycles. The number of anilines is 1. The second-order valence-electron chi connectivity index (χ2n) is 3.68. The van der Waals surface area contributed by atoms with Gasteiger partial charge in [-0.2, -0.15) is 0 Å². The summed E-state index contributed by atoms with van der Waals surface area (Å²) in [4.78, 5) is 7.51. The normalized spacial score (nSPS) is 10.9. The summed E-state index contributed by atoms with van der Waals surface area (Å²) in [7, 11) is 1.66. The number of rotatable bonds is 2. The van der Waals surface area contributed by atoms with Crippen LogP contribution in [0.25, 0.3) is 22.2 Å². The highest BCUT2D eigenvalue weighted by atomic mass is 32.1. The van der Waals surface area contributed by atoms with Crippen LogP contribution in [0.2, 0.25) is 0 Å². The Kier molecular flexibility index (Phi) is 2.26. The Balaban J connectivity index is 2.22. The predicted octanol–water partition coefficient (Wildman–Crippen LogP) is 2.88. The third-order valence-corrected chi connectivity index (χ3v) is 3.36. The SMILES string of the molecule is COc1ccc2[nH]cc(-c3csc(N)n3)c2c1. The zero-order valence-corrected chi connectivity index (χ0v) is 10.0. The minimum absolute atomic E-state index is 0.581. The first-order chi connectivity index (χ1) is 8.28. The molecule has 0 saturated carbocycles. The fraction of sp³-hybridized carbons (Fsp3) is 0.0833. The molecule has 0 spiro atoms. The maximum atomic E-state index is 5.66. The molecule has 0 fully saturated rings. The van der Waals surface area contributed by atoms with Crippen molar-refractivity contribution in [2.45, 2.75) is 0 Å². The van der Waals surface area contributed by atoms with E-state index in [-0.39, 0.29) is 0 Å². The molecule has 0 unspecified atom stereocenters. The van der Waals surface area contributed by atoms with E-state index in [2.05, 4.69) is 9.97 Å². The van der Waals surface area contributed by atoms with Crippen LogP contribution in [0.4, 0.5) is 5.13 Å². The number of methoxy groups -OCH3 is 1. The molecule has 3 aromatic rings. The number of nitrogens with one attached hydrogen (secondary N) is 1. The van der Waals surface area contributed by atoms with E-state index < -0.39 is 0 Å². The number of hydrogen-bond acceptors (Lipinski definition) is 4. The number of nitrogens with zero attached hydrogens (tertiary/aromatic N) is 1. The van der Waals surface area contributed by atoms with E-state index in [1.54, 1.807) is 7.11 Å². The molecule has 0 aliphatic carbocycles. The minimum Gasteiger partial charge on any atom is -0.497 e. The molecule has 0 amide bonds. The Morgan fingerprint density at radius 2 is 2.29 bits per heavy atom. The molecular weight excluding hydrogens is 234 g/mol. The molecule has 0 bridgehead atoms. The van der Waals surface area contributed by atoms with Crippen LogP contribution in [0, 0.1) is 0 Å². The summed E-state index contributed by atoms with van der Waals surface area (Å²) in [6.45, 7) is 0. The first-order valence-corrected chi connectivity index (χ1v) is 6.02. The molecule has 3 rings (SSSR count). The molecule has 2 heterocycles.